The lowest BCUT2D eigenvalue weighted by molar-refractivity contribution is -0.118. The minimum Gasteiger partial charge on any atom is -0.454 e. The summed E-state index contributed by atoms with van der Waals surface area (Å²) in [7, 11) is 0. The number of rotatable bonds is 5. The molecule has 0 saturated heterocycles. The summed E-state index contributed by atoms with van der Waals surface area (Å²) in [5.41, 5.74) is 4.06. The zero-order valence-corrected chi connectivity index (χ0v) is 18.8. The van der Waals surface area contributed by atoms with Gasteiger partial charge >= 0.3 is 0 Å². The highest BCUT2D eigenvalue weighted by Crippen LogP contribution is 2.38. The maximum absolute atomic E-state index is 13.8. The van der Waals surface area contributed by atoms with Gasteiger partial charge in [0.15, 0.2) is 17.3 Å². The summed E-state index contributed by atoms with van der Waals surface area (Å²) in [5, 5.41) is 3.30. The van der Waals surface area contributed by atoms with Gasteiger partial charge in [0.05, 0.1) is 11.1 Å². The average molecular weight is 466 g/mol. The van der Waals surface area contributed by atoms with Gasteiger partial charge in [-0.05, 0) is 41.8 Å². The monoisotopic (exact) mass is 466 g/mol. The van der Waals surface area contributed by atoms with Crippen molar-refractivity contribution >= 4 is 23.3 Å². The number of ketones is 1. The van der Waals surface area contributed by atoms with Crippen LogP contribution in [0.25, 0.3) is 5.70 Å². The number of ether oxygens (including phenoxy) is 2. The smallest absolute Gasteiger partial charge is 0.262 e. The zero-order valence-electron chi connectivity index (χ0n) is 18.8. The molecule has 1 N–H and O–H groups in total. The second-order valence-corrected chi connectivity index (χ2v) is 8.73. The number of carbonyl (C=O) groups excluding carboxylic acids is 3. The van der Waals surface area contributed by atoms with Gasteiger partial charge in [-0.2, -0.15) is 0 Å². The molecule has 2 amide bonds. The van der Waals surface area contributed by atoms with Crippen LogP contribution in [0, 0.1) is 0 Å². The second kappa shape index (κ2) is 8.43. The van der Waals surface area contributed by atoms with E-state index in [-0.39, 0.29) is 19.0 Å². The van der Waals surface area contributed by atoms with E-state index >= 15 is 0 Å². The molecule has 1 atom stereocenters. The van der Waals surface area contributed by atoms with Crippen molar-refractivity contribution in [3.05, 3.63) is 101 Å². The van der Waals surface area contributed by atoms with Crippen molar-refractivity contribution in [3.8, 4) is 11.5 Å². The average Bonchev–Trinajstić information content (AvgIpc) is 3.44. The summed E-state index contributed by atoms with van der Waals surface area (Å²) in [5.74, 6) is 0.116. The highest BCUT2D eigenvalue weighted by molar-refractivity contribution is 6.23. The van der Waals surface area contributed by atoms with Crippen LogP contribution >= 0.6 is 0 Å². The summed E-state index contributed by atoms with van der Waals surface area (Å²) < 4.78 is 11.0. The van der Waals surface area contributed by atoms with Gasteiger partial charge in [0.1, 0.15) is 6.04 Å². The maximum atomic E-state index is 13.8. The van der Waals surface area contributed by atoms with Crippen molar-refractivity contribution in [1.82, 2.24) is 10.2 Å². The molecule has 0 aromatic heterocycles. The number of nitrogens with one attached hydrogen (secondary N) is 1. The summed E-state index contributed by atoms with van der Waals surface area (Å²) in [4.78, 5) is 41.4. The first-order valence-electron chi connectivity index (χ1n) is 11.5. The molecule has 7 heteroatoms. The molecule has 0 radical (unpaired) electrons. The number of nitrogens with zero attached hydrogens (tertiary/aromatic N) is 1. The molecule has 0 fully saturated rings. The van der Waals surface area contributed by atoms with Crippen LogP contribution in [0.2, 0.25) is 0 Å². The van der Waals surface area contributed by atoms with Crippen molar-refractivity contribution in [2.24, 2.45) is 0 Å². The van der Waals surface area contributed by atoms with E-state index in [1.165, 1.54) is 6.08 Å². The number of fused-ring (bicyclic) bond motifs is 3. The highest BCUT2D eigenvalue weighted by atomic mass is 16.7. The van der Waals surface area contributed by atoms with Crippen molar-refractivity contribution in [1.29, 1.82) is 0 Å². The van der Waals surface area contributed by atoms with Crippen LogP contribution < -0.4 is 14.8 Å². The first kappa shape index (κ1) is 21.2. The van der Waals surface area contributed by atoms with Crippen LogP contribution in [-0.4, -0.2) is 41.9 Å². The first-order valence-corrected chi connectivity index (χ1v) is 11.5. The zero-order chi connectivity index (χ0) is 23.9. The van der Waals surface area contributed by atoms with E-state index in [0.29, 0.717) is 34.9 Å². The van der Waals surface area contributed by atoms with Crippen molar-refractivity contribution < 1.29 is 23.9 Å². The van der Waals surface area contributed by atoms with E-state index in [1.54, 1.807) is 24.3 Å². The molecular weight excluding hydrogens is 444 g/mol. The number of benzene rings is 3. The molecule has 3 aliphatic heterocycles. The standard InChI is InChI=1S/C28H22N2O5/c31-24(15-22-21-14-26-25(34-16-35-26)13-18(21)10-11-29-22)23(12-17-6-2-1-3-7-17)30-27(32)19-8-4-5-9-20(19)28(30)33/h1-9,13-15,23,29H,10-12,16H2. The normalized spacial score (nSPS) is 17.7. The minimum atomic E-state index is -0.974. The first-order chi connectivity index (χ1) is 17.1. The van der Waals surface area contributed by atoms with Crippen molar-refractivity contribution in [2.45, 2.75) is 18.9 Å². The number of amides is 2. The van der Waals surface area contributed by atoms with Crippen LogP contribution in [0.1, 0.15) is 37.4 Å². The van der Waals surface area contributed by atoms with Crippen LogP contribution in [0.4, 0.5) is 0 Å². The van der Waals surface area contributed by atoms with E-state index in [0.717, 1.165) is 28.0 Å². The summed E-state index contributed by atoms with van der Waals surface area (Å²) in [6.45, 7) is 0.824. The Bertz CT molecular complexity index is 1360. The van der Waals surface area contributed by atoms with Gasteiger partial charge < -0.3 is 14.8 Å². The Morgan fingerprint density at radius 2 is 1.57 bits per heavy atom. The molecule has 3 aromatic carbocycles. The second-order valence-electron chi connectivity index (χ2n) is 8.73. The molecule has 3 aromatic rings. The van der Waals surface area contributed by atoms with Crippen LogP contribution in [-0.2, 0) is 17.6 Å². The maximum Gasteiger partial charge on any atom is 0.262 e. The Hall–Kier alpha value is -4.39. The molecule has 6 rings (SSSR count). The molecule has 3 aliphatic rings. The van der Waals surface area contributed by atoms with E-state index in [2.05, 4.69) is 5.32 Å². The lowest BCUT2D eigenvalue weighted by atomic mass is 9.94. The lowest BCUT2D eigenvalue weighted by Gasteiger charge is -2.26. The van der Waals surface area contributed by atoms with Gasteiger partial charge in [0.2, 0.25) is 6.79 Å². The lowest BCUT2D eigenvalue weighted by Crippen LogP contribution is -2.46. The Labute approximate surface area is 202 Å². The quantitative estimate of drug-likeness (QED) is 0.459. The third-order valence-corrected chi connectivity index (χ3v) is 6.62. The molecular formula is C28H22N2O5. The third-order valence-electron chi connectivity index (χ3n) is 6.62. The van der Waals surface area contributed by atoms with Gasteiger partial charge in [-0.3, -0.25) is 19.3 Å². The number of hydrogen-bond acceptors (Lipinski definition) is 6. The highest BCUT2D eigenvalue weighted by Gasteiger charge is 2.42. The number of imide groups is 1. The molecule has 0 saturated carbocycles. The van der Waals surface area contributed by atoms with Crippen LogP contribution in [0.3, 0.4) is 0 Å². The molecule has 0 aliphatic carbocycles. The molecule has 7 nitrogen and oxygen atoms in total. The summed E-state index contributed by atoms with van der Waals surface area (Å²) in [6.07, 6.45) is 2.52. The fourth-order valence-corrected chi connectivity index (χ4v) is 4.88. The van der Waals surface area contributed by atoms with Gasteiger partial charge in [-0.15, -0.1) is 0 Å². The number of hydrogen-bond donors (Lipinski definition) is 1. The van der Waals surface area contributed by atoms with Crippen LogP contribution in [0.5, 0.6) is 11.5 Å². The fraction of sp³-hybridized carbons (Fsp3) is 0.179. The summed E-state index contributed by atoms with van der Waals surface area (Å²) in [6, 6.07) is 18.9. The fourth-order valence-electron chi connectivity index (χ4n) is 4.88. The SMILES string of the molecule is O=C(C=C1NCCc2cc3c(cc21)OCO3)C(Cc1ccccc1)N1C(=O)c2ccccc2C1=O. The van der Waals surface area contributed by atoms with E-state index in [1.807, 2.05) is 42.5 Å². The largest absolute Gasteiger partial charge is 0.454 e. The van der Waals surface area contributed by atoms with E-state index in [9.17, 15) is 14.4 Å². The third kappa shape index (κ3) is 3.65. The molecule has 1 unspecified atom stereocenters. The number of carbonyl (C=O) groups is 3. The predicted octanol–water partition coefficient (Wildman–Crippen LogP) is 3.38. The Morgan fingerprint density at radius 1 is 0.914 bits per heavy atom. The molecule has 0 spiro atoms. The topological polar surface area (TPSA) is 84.9 Å². The molecule has 0 bridgehead atoms. The van der Waals surface area contributed by atoms with Gasteiger partial charge in [0.25, 0.3) is 11.8 Å². The Kier molecular flexibility index (Phi) is 5.10. The molecule has 174 valence electrons. The van der Waals surface area contributed by atoms with Crippen LogP contribution in [0.15, 0.2) is 72.8 Å². The van der Waals surface area contributed by atoms with E-state index in [4.69, 9.17) is 9.47 Å². The molecule has 35 heavy (non-hydrogen) atoms. The van der Waals surface area contributed by atoms with E-state index < -0.39 is 17.9 Å². The van der Waals surface area contributed by atoms with Crippen molar-refractivity contribution in [2.75, 3.05) is 13.3 Å². The summed E-state index contributed by atoms with van der Waals surface area (Å²) >= 11 is 0. The predicted molar refractivity (Wildman–Crippen MR) is 128 cm³/mol. The Balaban J connectivity index is 1.39. The minimum absolute atomic E-state index is 0.169. The van der Waals surface area contributed by atoms with Gasteiger partial charge in [-0.1, -0.05) is 42.5 Å². The van der Waals surface area contributed by atoms with Crippen molar-refractivity contribution in [3.63, 3.8) is 0 Å². The van der Waals surface area contributed by atoms with Gasteiger partial charge in [0, 0.05) is 30.3 Å². The Morgan fingerprint density at radius 3 is 2.29 bits per heavy atom. The molecule has 3 heterocycles. The van der Waals surface area contributed by atoms with Gasteiger partial charge in [-0.25, -0.2) is 0 Å².